The molecule has 1 aliphatic carbocycles. The van der Waals surface area contributed by atoms with E-state index >= 15 is 0 Å². The standard InChI is InChI=1S/C24H38N4O6/c1-15-23(16(2)34-27-15)26-24(31)28-12-18(29)13-32-14-21-20(28)9-8-19(33-21)10-22(30)25-11-17-6-4-3-5-7-17/h17-21,29H,3-14H2,1-2H3,(H,25,30)(H,26,31)/t18-,19+,20+,21-/m0/s1. The van der Waals surface area contributed by atoms with E-state index in [4.69, 9.17) is 14.0 Å². The first kappa shape index (κ1) is 24.9. The Morgan fingerprint density at radius 2 is 1.91 bits per heavy atom. The molecular formula is C24H38N4O6. The average molecular weight is 479 g/mol. The molecule has 4 rings (SSSR count). The summed E-state index contributed by atoms with van der Waals surface area (Å²) in [7, 11) is 0. The Hall–Kier alpha value is -2.17. The number of hydrogen-bond acceptors (Lipinski definition) is 7. The normalized spacial score (nSPS) is 28.5. The van der Waals surface area contributed by atoms with Crippen LogP contribution in [0.15, 0.2) is 4.52 Å². The van der Waals surface area contributed by atoms with Gasteiger partial charge < -0.3 is 34.6 Å². The van der Waals surface area contributed by atoms with Crippen molar-refractivity contribution in [2.45, 2.75) is 89.6 Å². The fourth-order valence-electron chi connectivity index (χ4n) is 5.34. The van der Waals surface area contributed by atoms with Gasteiger partial charge in [0.05, 0.1) is 44.4 Å². The zero-order valence-electron chi connectivity index (χ0n) is 20.3. The van der Waals surface area contributed by atoms with Crippen molar-refractivity contribution in [2.75, 3.05) is 31.6 Å². The van der Waals surface area contributed by atoms with Crippen LogP contribution in [0.2, 0.25) is 0 Å². The van der Waals surface area contributed by atoms with Gasteiger partial charge in [0.2, 0.25) is 5.91 Å². The van der Waals surface area contributed by atoms with Gasteiger partial charge in [-0.05, 0) is 45.4 Å². The molecule has 3 fully saturated rings. The number of aliphatic hydroxyl groups excluding tert-OH is 1. The van der Waals surface area contributed by atoms with Crippen LogP contribution in [-0.4, -0.2) is 77.8 Å². The van der Waals surface area contributed by atoms with E-state index in [0.29, 0.717) is 42.3 Å². The first-order valence-corrected chi connectivity index (χ1v) is 12.6. The molecule has 3 aliphatic rings. The second kappa shape index (κ2) is 11.5. The lowest BCUT2D eigenvalue weighted by molar-refractivity contribution is -0.149. The van der Waals surface area contributed by atoms with Crippen LogP contribution in [0.3, 0.4) is 0 Å². The number of carbonyl (C=O) groups excluding carboxylic acids is 2. The summed E-state index contributed by atoms with van der Waals surface area (Å²) in [5.74, 6) is 1.13. The Kier molecular flexibility index (Phi) is 8.44. The van der Waals surface area contributed by atoms with Crippen LogP contribution < -0.4 is 10.6 Å². The number of fused-ring (bicyclic) bond motifs is 1. The predicted molar refractivity (Wildman–Crippen MR) is 124 cm³/mol. The van der Waals surface area contributed by atoms with Crippen molar-refractivity contribution in [2.24, 2.45) is 5.92 Å². The molecule has 2 saturated heterocycles. The zero-order chi connectivity index (χ0) is 24.1. The molecule has 190 valence electrons. The first-order chi connectivity index (χ1) is 16.4. The van der Waals surface area contributed by atoms with Crippen molar-refractivity contribution in [1.82, 2.24) is 15.4 Å². The van der Waals surface area contributed by atoms with Crippen molar-refractivity contribution in [1.29, 1.82) is 0 Å². The number of anilines is 1. The molecule has 0 radical (unpaired) electrons. The highest BCUT2D eigenvalue weighted by molar-refractivity contribution is 5.90. The van der Waals surface area contributed by atoms with Crippen molar-refractivity contribution in [3.05, 3.63) is 11.5 Å². The fourth-order valence-corrected chi connectivity index (χ4v) is 5.34. The van der Waals surface area contributed by atoms with Gasteiger partial charge in [-0.1, -0.05) is 24.4 Å². The SMILES string of the molecule is Cc1noc(C)c1NC(=O)N1C[C@H](O)COC[C@@H]2O[C@@H](CC(=O)NCC3CCCCC3)CC[C@H]21. The smallest absolute Gasteiger partial charge is 0.322 e. The lowest BCUT2D eigenvalue weighted by Crippen LogP contribution is -2.58. The maximum Gasteiger partial charge on any atom is 0.322 e. The number of β-amino-alcohol motifs (C(OH)–C–C–N with tert-alkyl or cyclic N) is 1. The van der Waals surface area contributed by atoms with Crippen molar-refractivity contribution >= 4 is 17.6 Å². The third-order valence-corrected chi connectivity index (χ3v) is 7.23. The van der Waals surface area contributed by atoms with Gasteiger partial charge in [-0.25, -0.2) is 4.79 Å². The summed E-state index contributed by atoms with van der Waals surface area (Å²) in [6, 6.07) is -0.602. The number of aliphatic hydroxyl groups is 1. The molecule has 3 heterocycles. The van der Waals surface area contributed by atoms with E-state index in [0.717, 1.165) is 6.54 Å². The molecule has 10 nitrogen and oxygen atoms in total. The average Bonchev–Trinajstić information content (AvgIpc) is 3.13. The highest BCUT2D eigenvalue weighted by Crippen LogP contribution is 2.29. The van der Waals surface area contributed by atoms with Gasteiger partial charge in [0.15, 0.2) is 5.76 Å². The number of nitrogens with zero attached hydrogens (tertiary/aromatic N) is 2. The number of carbonyl (C=O) groups is 2. The molecule has 1 aromatic heterocycles. The van der Waals surface area contributed by atoms with Gasteiger partial charge in [0, 0.05) is 6.54 Å². The Balaban J connectivity index is 1.35. The summed E-state index contributed by atoms with van der Waals surface area (Å²) in [5, 5.41) is 20.2. The highest BCUT2D eigenvalue weighted by Gasteiger charge is 2.40. The summed E-state index contributed by atoms with van der Waals surface area (Å²) in [6.07, 6.45) is 6.45. The van der Waals surface area contributed by atoms with Gasteiger partial charge >= 0.3 is 6.03 Å². The lowest BCUT2D eigenvalue weighted by Gasteiger charge is -2.44. The second-order valence-corrected chi connectivity index (χ2v) is 9.93. The van der Waals surface area contributed by atoms with Crippen LogP contribution in [0.1, 0.15) is 62.8 Å². The Bertz CT molecular complexity index is 820. The molecule has 1 saturated carbocycles. The first-order valence-electron chi connectivity index (χ1n) is 12.6. The largest absolute Gasteiger partial charge is 0.389 e. The maximum atomic E-state index is 13.2. The number of rotatable bonds is 5. The Labute approximate surface area is 200 Å². The molecule has 2 aliphatic heterocycles. The minimum Gasteiger partial charge on any atom is -0.389 e. The van der Waals surface area contributed by atoms with Gasteiger partial charge in [-0.3, -0.25) is 4.79 Å². The highest BCUT2D eigenvalue weighted by atomic mass is 16.5. The van der Waals surface area contributed by atoms with E-state index in [2.05, 4.69) is 15.8 Å². The molecule has 34 heavy (non-hydrogen) atoms. The number of ether oxygens (including phenoxy) is 2. The van der Waals surface area contributed by atoms with Crippen molar-refractivity contribution < 1.29 is 28.7 Å². The zero-order valence-corrected chi connectivity index (χ0v) is 20.3. The number of nitrogens with one attached hydrogen (secondary N) is 2. The molecular weight excluding hydrogens is 440 g/mol. The van der Waals surface area contributed by atoms with Crippen LogP contribution >= 0.6 is 0 Å². The third-order valence-electron chi connectivity index (χ3n) is 7.23. The number of aromatic nitrogens is 1. The summed E-state index contributed by atoms with van der Waals surface area (Å²) < 4.78 is 17.1. The Morgan fingerprint density at radius 3 is 2.65 bits per heavy atom. The van der Waals surface area contributed by atoms with Gasteiger partial charge in [0.1, 0.15) is 17.5 Å². The minimum absolute atomic E-state index is 0.0178. The summed E-state index contributed by atoms with van der Waals surface area (Å²) in [4.78, 5) is 27.4. The number of amides is 3. The van der Waals surface area contributed by atoms with E-state index < -0.39 is 6.10 Å². The molecule has 0 aromatic carbocycles. The van der Waals surface area contributed by atoms with Crippen LogP contribution in [0, 0.1) is 19.8 Å². The quantitative estimate of drug-likeness (QED) is 0.594. The van der Waals surface area contributed by atoms with Crippen LogP contribution in [-0.2, 0) is 14.3 Å². The van der Waals surface area contributed by atoms with E-state index in [1.165, 1.54) is 32.1 Å². The van der Waals surface area contributed by atoms with Crippen molar-refractivity contribution in [3.8, 4) is 0 Å². The number of hydrogen-bond donors (Lipinski definition) is 3. The number of urea groups is 1. The van der Waals surface area contributed by atoms with Gasteiger partial charge in [-0.2, -0.15) is 0 Å². The van der Waals surface area contributed by atoms with Crippen LogP contribution in [0.25, 0.3) is 0 Å². The van der Waals surface area contributed by atoms with E-state index in [1.807, 2.05) is 0 Å². The topological polar surface area (TPSA) is 126 Å². The third kappa shape index (κ3) is 6.28. The molecule has 3 N–H and O–H groups in total. The molecule has 0 unspecified atom stereocenters. The van der Waals surface area contributed by atoms with Gasteiger partial charge in [-0.15, -0.1) is 0 Å². The fraction of sp³-hybridized carbons (Fsp3) is 0.792. The summed E-state index contributed by atoms with van der Waals surface area (Å²) in [6.45, 7) is 4.76. The molecule has 1 aromatic rings. The van der Waals surface area contributed by atoms with Crippen molar-refractivity contribution in [3.63, 3.8) is 0 Å². The molecule has 0 bridgehead atoms. The predicted octanol–water partition coefficient (Wildman–Crippen LogP) is 2.52. The van der Waals surface area contributed by atoms with Gasteiger partial charge in [0.25, 0.3) is 0 Å². The molecule has 10 heteroatoms. The molecule has 0 spiro atoms. The van der Waals surface area contributed by atoms with E-state index in [9.17, 15) is 14.7 Å². The van der Waals surface area contributed by atoms with Crippen LogP contribution in [0.4, 0.5) is 10.5 Å². The molecule has 3 amide bonds. The monoisotopic (exact) mass is 478 g/mol. The molecule has 4 atom stereocenters. The van der Waals surface area contributed by atoms with E-state index in [-0.39, 0.29) is 49.9 Å². The number of aryl methyl sites for hydroxylation is 2. The summed E-state index contributed by atoms with van der Waals surface area (Å²) in [5.41, 5.74) is 1.14. The van der Waals surface area contributed by atoms with Crippen LogP contribution in [0.5, 0.6) is 0 Å². The maximum absolute atomic E-state index is 13.2. The lowest BCUT2D eigenvalue weighted by atomic mass is 9.89. The second-order valence-electron chi connectivity index (χ2n) is 9.93. The summed E-state index contributed by atoms with van der Waals surface area (Å²) >= 11 is 0. The Morgan fingerprint density at radius 1 is 1.12 bits per heavy atom. The minimum atomic E-state index is -0.792. The van der Waals surface area contributed by atoms with E-state index in [1.54, 1.807) is 18.7 Å².